The van der Waals surface area contributed by atoms with Crippen molar-refractivity contribution in [3.63, 3.8) is 0 Å². The summed E-state index contributed by atoms with van der Waals surface area (Å²) in [6.07, 6.45) is 0.861. The van der Waals surface area contributed by atoms with Crippen molar-refractivity contribution in [2.24, 2.45) is 7.05 Å². The smallest absolute Gasteiger partial charge is 0.153 e. The molecule has 1 unspecified atom stereocenters. The number of ether oxygens (including phenoxy) is 2. The van der Waals surface area contributed by atoms with Crippen molar-refractivity contribution >= 4 is 15.9 Å². The van der Waals surface area contributed by atoms with E-state index in [2.05, 4.69) is 31.6 Å². The molecule has 6 nitrogen and oxygen atoms in total. The highest BCUT2D eigenvalue weighted by atomic mass is 79.9. The molecule has 0 fully saturated rings. The van der Waals surface area contributed by atoms with Crippen LogP contribution in [-0.4, -0.2) is 49.0 Å². The summed E-state index contributed by atoms with van der Waals surface area (Å²) in [7, 11) is 5.46. The van der Waals surface area contributed by atoms with Crippen LogP contribution in [0.5, 0.6) is 0 Å². The van der Waals surface area contributed by atoms with Gasteiger partial charge in [-0.25, -0.2) is 4.68 Å². The predicted octanol–water partition coefficient (Wildman–Crippen LogP) is 0.891. The molecule has 0 aromatic carbocycles. The van der Waals surface area contributed by atoms with Gasteiger partial charge in [0.1, 0.15) is 0 Å². The number of hydrogen-bond acceptors (Lipinski definition) is 5. The zero-order valence-electron chi connectivity index (χ0n) is 10.4. The number of aryl methyl sites for hydroxylation is 1. The molecule has 98 valence electrons. The van der Waals surface area contributed by atoms with E-state index in [0.29, 0.717) is 19.8 Å². The van der Waals surface area contributed by atoms with E-state index in [-0.39, 0.29) is 6.04 Å². The van der Waals surface area contributed by atoms with Gasteiger partial charge in [0.15, 0.2) is 4.60 Å². The summed E-state index contributed by atoms with van der Waals surface area (Å²) in [5, 5.41) is 11.2. The van der Waals surface area contributed by atoms with E-state index in [1.54, 1.807) is 11.8 Å². The third-order valence-corrected chi connectivity index (χ3v) is 3.05. The van der Waals surface area contributed by atoms with Crippen LogP contribution in [0.15, 0.2) is 4.60 Å². The Bertz CT molecular complexity index is 313. The highest BCUT2D eigenvalue weighted by molar-refractivity contribution is 9.10. The fraction of sp³-hybridized carbons (Fsp3) is 0.800. The molecule has 1 rings (SSSR count). The maximum atomic E-state index is 5.45. The van der Waals surface area contributed by atoms with Gasteiger partial charge in [-0.1, -0.05) is 5.21 Å². The van der Waals surface area contributed by atoms with E-state index in [0.717, 1.165) is 16.7 Å². The molecule has 0 aliphatic heterocycles. The predicted molar refractivity (Wildman–Crippen MR) is 67.8 cm³/mol. The van der Waals surface area contributed by atoms with E-state index in [1.165, 1.54) is 0 Å². The Labute approximate surface area is 110 Å². The van der Waals surface area contributed by atoms with Crippen molar-refractivity contribution in [3.05, 3.63) is 10.3 Å². The minimum atomic E-state index is 0.173. The number of rotatable bonds is 8. The van der Waals surface area contributed by atoms with E-state index < -0.39 is 0 Å². The van der Waals surface area contributed by atoms with E-state index in [1.807, 2.05) is 14.1 Å². The molecule has 17 heavy (non-hydrogen) atoms. The van der Waals surface area contributed by atoms with Crippen molar-refractivity contribution in [2.75, 3.05) is 34.0 Å². The Balaban J connectivity index is 2.43. The van der Waals surface area contributed by atoms with Crippen molar-refractivity contribution in [3.8, 4) is 0 Å². The first kappa shape index (κ1) is 14.6. The van der Waals surface area contributed by atoms with Gasteiger partial charge in [-0.05, 0) is 29.4 Å². The third-order valence-electron chi connectivity index (χ3n) is 2.49. The van der Waals surface area contributed by atoms with Crippen molar-refractivity contribution in [2.45, 2.75) is 12.5 Å². The Morgan fingerprint density at radius 2 is 2.18 bits per heavy atom. The topological polar surface area (TPSA) is 61.2 Å². The van der Waals surface area contributed by atoms with Gasteiger partial charge in [-0.2, -0.15) is 0 Å². The Hall–Kier alpha value is -0.500. The molecular weight excluding hydrogens is 288 g/mol. The van der Waals surface area contributed by atoms with E-state index >= 15 is 0 Å². The maximum absolute atomic E-state index is 5.45. The molecular formula is C10H19BrN4O2. The summed E-state index contributed by atoms with van der Waals surface area (Å²) in [6, 6.07) is 0.173. The molecule has 1 aromatic rings. The monoisotopic (exact) mass is 306 g/mol. The first-order valence-corrected chi connectivity index (χ1v) is 6.29. The van der Waals surface area contributed by atoms with Gasteiger partial charge in [0.05, 0.1) is 24.9 Å². The summed E-state index contributed by atoms with van der Waals surface area (Å²) < 4.78 is 12.9. The van der Waals surface area contributed by atoms with Crippen LogP contribution in [0.4, 0.5) is 0 Å². The number of aromatic nitrogens is 3. The summed E-state index contributed by atoms with van der Waals surface area (Å²) in [5.41, 5.74) is 1.03. The lowest BCUT2D eigenvalue weighted by Crippen LogP contribution is -2.22. The molecule has 1 aromatic heterocycles. The van der Waals surface area contributed by atoms with Crippen LogP contribution >= 0.6 is 15.9 Å². The van der Waals surface area contributed by atoms with Crippen LogP contribution in [0.2, 0.25) is 0 Å². The van der Waals surface area contributed by atoms with Crippen LogP contribution in [0.25, 0.3) is 0 Å². The second-order valence-corrected chi connectivity index (χ2v) is 4.38. The first-order valence-electron chi connectivity index (χ1n) is 5.49. The zero-order chi connectivity index (χ0) is 12.7. The van der Waals surface area contributed by atoms with Crippen molar-refractivity contribution in [1.82, 2.24) is 20.3 Å². The average molecular weight is 307 g/mol. The van der Waals surface area contributed by atoms with Gasteiger partial charge in [-0.3, -0.25) is 0 Å². The second-order valence-electron chi connectivity index (χ2n) is 3.62. The Kier molecular flexibility index (Phi) is 6.64. The molecule has 0 saturated heterocycles. The van der Waals surface area contributed by atoms with Gasteiger partial charge in [0.25, 0.3) is 0 Å². The Morgan fingerprint density at radius 1 is 1.41 bits per heavy atom. The highest BCUT2D eigenvalue weighted by Gasteiger charge is 2.18. The lowest BCUT2D eigenvalue weighted by Gasteiger charge is -2.16. The molecule has 0 aliphatic rings. The molecule has 0 amide bonds. The molecule has 0 spiro atoms. The Morgan fingerprint density at radius 3 is 2.71 bits per heavy atom. The van der Waals surface area contributed by atoms with Gasteiger partial charge in [-0.15, -0.1) is 5.10 Å². The quantitative estimate of drug-likeness (QED) is 0.723. The highest BCUT2D eigenvalue weighted by Crippen LogP contribution is 2.22. The minimum absolute atomic E-state index is 0.173. The van der Waals surface area contributed by atoms with Crippen LogP contribution in [0.3, 0.4) is 0 Å². The third kappa shape index (κ3) is 4.34. The summed E-state index contributed by atoms with van der Waals surface area (Å²) in [5.74, 6) is 0. The van der Waals surface area contributed by atoms with Gasteiger partial charge in [0.2, 0.25) is 0 Å². The number of halogens is 1. The summed E-state index contributed by atoms with van der Waals surface area (Å²) in [4.78, 5) is 0. The maximum Gasteiger partial charge on any atom is 0.153 e. The molecule has 0 saturated carbocycles. The molecule has 0 bridgehead atoms. The lowest BCUT2D eigenvalue weighted by molar-refractivity contribution is 0.0657. The molecule has 1 atom stereocenters. The van der Waals surface area contributed by atoms with Crippen LogP contribution in [0.1, 0.15) is 18.2 Å². The number of methoxy groups -OCH3 is 1. The van der Waals surface area contributed by atoms with Crippen LogP contribution < -0.4 is 5.32 Å². The summed E-state index contributed by atoms with van der Waals surface area (Å²) in [6.45, 7) is 1.92. The van der Waals surface area contributed by atoms with Crippen molar-refractivity contribution in [1.29, 1.82) is 0 Å². The van der Waals surface area contributed by atoms with Crippen LogP contribution in [-0.2, 0) is 16.5 Å². The SMILES string of the molecule is CNC(CCOCCOC)c1c(Br)nnn1C. The molecule has 1 heterocycles. The molecule has 0 radical (unpaired) electrons. The molecule has 0 aliphatic carbocycles. The zero-order valence-corrected chi connectivity index (χ0v) is 12.0. The number of hydrogen-bond donors (Lipinski definition) is 1. The normalized spacial score (nSPS) is 12.9. The second kappa shape index (κ2) is 7.75. The van der Waals surface area contributed by atoms with Gasteiger partial charge < -0.3 is 14.8 Å². The van der Waals surface area contributed by atoms with Gasteiger partial charge >= 0.3 is 0 Å². The summed E-state index contributed by atoms with van der Waals surface area (Å²) >= 11 is 3.40. The minimum Gasteiger partial charge on any atom is -0.382 e. The first-order chi connectivity index (χ1) is 8.20. The number of nitrogens with one attached hydrogen (secondary N) is 1. The fourth-order valence-electron chi connectivity index (χ4n) is 1.57. The van der Waals surface area contributed by atoms with Crippen molar-refractivity contribution < 1.29 is 9.47 Å². The fourth-order valence-corrected chi connectivity index (χ4v) is 2.18. The largest absolute Gasteiger partial charge is 0.382 e. The molecule has 7 heteroatoms. The average Bonchev–Trinajstić information content (AvgIpc) is 2.65. The van der Waals surface area contributed by atoms with E-state index in [4.69, 9.17) is 9.47 Å². The number of nitrogens with zero attached hydrogens (tertiary/aromatic N) is 3. The lowest BCUT2D eigenvalue weighted by atomic mass is 10.1. The standard InChI is InChI=1S/C10H19BrN4O2/c1-12-8(4-5-17-7-6-16-3)9-10(11)13-14-15(9)2/h8,12H,4-7H2,1-3H3. The molecule has 1 N–H and O–H groups in total. The van der Waals surface area contributed by atoms with Crippen LogP contribution in [0, 0.1) is 0 Å². The van der Waals surface area contributed by atoms with Gasteiger partial charge in [0, 0.05) is 20.8 Å². The van der Waals surface area contributed by atoms with E-state index in [9.17, 15) is 0 Å².